The number of ketones is 7. The molecule has 21 atom stereocenters. The van der Waals surface area contributed by atoms with Gasteiger partial charge in [-0.15, -0.1) is 10.2 Å². The molecule has 646 valence electrons. The van der Waals surface area contributed by atoms with Crippen molar-refractivity contribution in [2.24, 2.45) is 151 Å². The number of aromatic nitrogens is 2. The second kappa shape index (κ2) is 27.6. The number of hydrogen-bond donors (Lipinski definition) is 1. The largest absolute Gasteiger partial charge is 0.424 e. The molecule has 1 aromatic rings. The molecular formula is C103H137ClN6O10. The van der Waals surface area contributed by atoms with E-state index in [9.17, 15) is 43.2 Å². The van der Waals surface area contributed by atoms with E-state index in [0.717, 1.165) is 189 Å². The molecular weight excluding hydrogens is 1520 g/mol. The molecule has 0 unspecified atom stereocenters. The third kappa shape index (κ3) is 11.9. The van der Waals surface area contributed by atoms with Gasteiger partial charge in [0.15, 0.2) is 40.5 Å². The first kappa shape index (κ1) is 86.7. The van der Waals surface area contributed by atoms with Gasteiger partial charge in [0.2, 0.25) is 40.0 Å². The Labute approximate surface area is 722 Å². The highest BCUT2D eigenvalue weighted by Gasteiger charge is 2.76. The molecule has 0 saturated heterocycles. The first-order valence-corrected chi connectivity index (χ1v) is 46.1. The molecule has 1 heterocycles. The van der Waals surface area contributed by atoms with Gasteiger partial charge in [0.05, 0.1) is 31.7 Å². The van der Waals surface area contributed by atoms with Crippen molar-refractivity contribution in [3.05, 3.63) is 116 Å². The Kier molecular flexibility index (Phi) is 19.9. The normalized spacial score (nSPS) is 44.4. The van der Waals surface area contributed by atoms with Crippen LogP contribution in [0.4, 0.5) is 0 Å². The maximum Gasteiger partial charge on any atom is 0.228 e. The number of rotatable bonds is 7. The fourth-order valence-corrected chi connectivity index (χ4v) is 32.1. The van der Waals surface area contributed by atoms with Crippen LogP contribution in [0.5, 0.6) is 0 Å². The highest BCUT2D eigenvalue weighted by Crippen LogP contribution is 2.80. The Morgan fingerprint density at radius 3 is 1.16 bits per heavy atom. The van der Waals surface area contributed by atoms with Crippen LogP contribution in [0.1, 0.15) is 332 Å². The van der Waals surface area contributed by atoms with Crippen LogP contribution < -0.4 is 5.32 Å². The molecule has 0 radical (unpaired) electrons. The third-order valence-electron chi connectivity index (χ3n) is 39.6. The summed E-state index contributed by atoms with van der Waals surface area (Å²) >= 11 is 6.37. The van der Waals surface area contributed by atoms with E-state index in [4.69, 9.17) is 42.2 Å². The van der Waals surface area contributed by atoms with Crippen LogP contribution in [-0.4, -0.2) is 68.4 Å². The molecule has 0 aliphatic heterocycles. The average molecular weight is 1660 g/mol. The van der Waals surface area contributed by atoms with Gasteiger partial charge in [-0.2, -0.15) is 0 Å². The van der Waals surface area contributed by atoms with Crippen LogP contribution in [-0.2, 0) is 48.6 Å². The van der Waals surface area contributed by atoms with Gasteiger partial charge in [-0.3, -0.25) is 28.8 Å². The van der Waals surface area contributed by atoms with Gasteiger partial charge in [-0.05, 0) is 275 Å². The first-order valence-electron chi connectivity index (χ1n) is 46.7. The number of halogens is 1. The van der Waals surface area contributed by atoms with E-state index < -0.39 is 43.3 Å². The number of nitrogens with one attached hydrogen (secondary N) is 1. The molecule has 0 aromatic carbocycles. The van der Waals surface area contributed by atoms with E-state index in [-0.39, 0.29) is 189 Å². The summed E-state index contributed by atoms with van der Waals surface area (Å²) in [7, 11) is 1.25. The number of Topliss-reactive ketones (excluding diaryl/α,β-unsaturated/α-hetero) is 4. The molecule has 1 N–H and O–H groups in total. The number of hydrogen-bond acceptors (Lipinski definition) is 12. The van der Waals surface area contributed by atoms with Gasteiger partial charge in [-0.1, -0.05) is 188 Å². The summed E-state index contributed by atoms with van der Waals surface area (Å²) in [4.78, 5) is 134. The Morgan fingerprint density at radius 1 is 0.450 bits per heavy atom. The van der Waals surface area contributed by atoms with Crippen LogP contribution in [0.3, 0.4) is 0 Å². The van der Waals surface area contributed by atoms with Gasteiger partial charge >= 0.3 is 0 Å². The fraction of sp³-hybridized carbons (Fsp3) is 0.748. The molecule has 1 amide bonds. The van der Waals surface area contributed by atoms with Gasteiger partial charge in [-0.25, -0.2) is 14.5 Å². The van der Waals surface area contributed by atoms with E-state index in [1.165, 1.54) is 7.40 Å². The van der Waals surface area contributed by atoms with E-state index in [1.807, 2.05) is 78.0 Å². The van der Waals surface area contributed by atoms with Crippen molar-refractivity contribution >= 4 is 63.2 Å². The zero-order valence-electron chi connectivity index (χ0n) is 77.4. The van der Waals surface area contributed by atoms with Gasteiger partial charge in [0, 0.05) is 74.3 Å². The smallest absolute Gasteiger partial charge is 0.228 e. The Balaban J connectivity index is 0.000000140. The summed E-state index contributed by atoms with van der Waals surface area (Å²) in [5.74, 6) is 1.87. The molecule has 17 aliphatic rings. The van der Waals surface area contributed by atoms with Gasteiger partial charge < -0.3 is 24.1 Å². The monoisotopic (exact) mass is 1660 g/mol. The summed E-state index contributed by atoms with van der Waals surface area (Å²) < 4.78 is 12.2. The second-order valence-corrected chi connectivity index (χ2v) is 48.4. The van der Waals surface area contributed by atoms with Crippen molar-refractivity contribution in [3.63, 3.8) is 0 Å². The van der Waals surface area contributed by atoms with Crippen LogP contribution in [0.2, 0.25) is 0 Å². The maximum atomic E-state index is 14.7. The lowest BCUT2D eigenvalue weighted by Gasteiger charge is -2.69. The van der Waals surface area contributed by atoms with Crippen molar-refractivity contribution in [3.8, 4) is 0 Å². The first-order chi connectivity index (χ1) is 56.1. The topological polar surface area (TPSA) is 218 Å². The predicted octanol–water partition coefficient (Wildman–Crippen LogP) is 22.4. The van der Waals surface area contributed by atoms with Crippen molar-refractivity contribution in [1.29, 1.82) is 0 Å². The number of fused-ring (bicyclic) bond motifs is 21. The molecule has 120 heavy (non-hydrogen) atoms. The molecule has 17 heteroatoms. The molecule has 11 saturated carbocycles. The lowest BCUT2D eigenvalue weighted by Crippen LogP contribution is -2.66. The standard InChI is InChI=1S/C36H48N2O4.C35H45N3O3.C31H40ClNO3.CH4/c1-31(2)13-15-36(27(40)20-38-30(42)21-9-10-21)16-14-35(7)28(22(36)18-31)24(39)17-26-33(5)19-23(37-8)29(41)32(3,4)25(33)11-12-34(26,35)6;1-30(2)13-15-35(29-38-37-28(41-29)20-9-10-20)16-14-34(7)26(21(35)18-30)23(39)17-25-32(5)19-22(36-8)27(40)31(3,4)24(32)11-12-33(25,34)6;1-26(2)11-13-31(25(32)36)14-12-30(7)23(18(31)16-26)20(34)15-22-28(5)17-19(33-8)24(35)27(3,4)21(28)9-10-29(22,30)6;/h17,19,21-22,25,28H,9-16,18,20H2,1-7H3,(H,38,42);17,19-21,24,26H,9-16,18H2,1-7H3;15,17-18,21,23H,9-14,16H2,1-7H3;1H4/t22-,25-,28-,33-,34+,35+,36-;21-,24-,26-,32-,33+,34+,35-;18-,21-,23-,28-,29+,30+,31-;/m000./s1/i;;;1T. The van der Waals surface area contributed by atoms with Crippen LogP contribution >= 0.6 is 11.6 Å². The Bertz CT molecular complexity index is 5030. The highest BCUT2D eigenvalue weighted by molar-refractivity contribution is 6.64. The van der Waals surface area contributed by atoms with E-state index >= 15 is 0 Å². The number of nitrogens with zero attached hydrogens (tertiary/aromatic N) is 5. The lowest BCUT2D eigenvalue weighted by molar-refractivity contribution is -0.177. The molecule has 0 bridgehead atoms. The summed E-state index contributed by atoms with van der Waals surface area (Å²) in [5.41, 5.74) is -2.50. The molecule has 16 nitrogen and oxygen atoms in total. The summed E-state index contributed by atoms with van der Waals surface area (Å²) in [6.45, 7) is 69.5. The maximum absolute atomic E-state index is 14.7. The third-order valence-corrected chi connectivity index (χ3v) is 40.0. The van der Waals surface area contributed by atoms with Crippen LogP contribution in [0.15, 0.2) is 74.7 Å². The molecule has 11 fully saturated rings. The van der Waals surface area contributed by atoms with Crippen LogP contribution in [0.25, 0.3) is 14.5 Å². The number of carbonyl (C=O) groups is 9. The van der Waals surface area contributed by atoms with Crippen molar-refractivity contribution in [2.75, 3.05) is 6.54 Å². The van der Waals surface area contributed by atoms with Crippen molar-refractivity contribution in [1.82, 2.24) is 15.5 Å². The number of carbonyl (C=O) groups excluding carboxylic acids is 9. The minimum atomic E-state index is -0.682. The summed E-state index contributed by atoms with van der Waals surface area (Å²) in [6.07, 6.45) is 34.0. The zero-order valence-corrected chi connectivity index (χ0v) is 77.2. The minimum Gasteiger partial charge on any atom is -0.424 e. The lowest BCUT2D eigenvalue weighted by atomic mass is 9.34. The van der Waals surface area contributed by atoms with Crippen LogP contribution in [0, 0.1) is 171 Å². The van der Waals surface area contributed by atoms with Crippen molar-refractivity contribution in [2.45, 2.75) is 325 Å². The molecule has 17 aliphatic carbocycles. The van der Waals surface area contributed by atoms with Crippen molar-refractivity contribution < 1.29 is 48.9 Å². The quantitative estimate of drug-likeness (QED) is 0.199. The second-order valence-electron chi connectivity index (χ2n) is 48.1. The zero-order chi connectivity index (χ0) is 88.7. The van der Waals surface area contributed by atoms with E-state index in [1.54, 1.807) is 0 Å². The summed E-state index contributed by atoms with van der Waals surface area (Å²) in [6, 6.07) is 0. The average Bonchev–Trinajstić information content (AvgIpc) is 1.68. The Hall–Kier alpha value is -6.83. The molecule has 1 aromatic heterocycles. The van der Waals surface area contributed by atoms with Gasteiger partial charge in [0.1, 0.15) is 0 Å². The fourth-order valence-electron chi connectivity index (χ4n) is 31.8. The molecule has 0 spiro atoms. The molecule has 18 rings (SSSR count). The highest BCUT2D eigenvalue weighted by atomic mass is 35.5. The summed E-state index contributed by atoms with van der Waals surface area (Å²) in [5, 5.41) is 11.9. The number of allylic oxidation sites excluding steroid dienone is 12. The predicted molar refractivity (Wildman–Crippen MR) is 464 cm³/mol. The Morgan fingerprint density at radius 2 is 0.783 bits per heavy atom. The number of amides is 1. The minimum absolute atomic E-state index is 0.00681. The van der Waals surface area contributed by atoms with E-state index in [0.29, 0.717) is 5.92 Å². The van der Waals surface area contributed by atoms with E-state index in [2.05, 4.69) is 129 Å². The SMILES string of the molecule is [3H]C.[C-]#[N+]C1=C[C@]2(C)C3=CC(=O)[C@@H]4[C@@H]5CC(C)(C)CC[C@]5(C(=O)CNC(=O)C5CC5)CC[C@@]4(C)[C@]3(C)CC[C@H]2C(C)(C)C1=O.[C-]#[N+]C1=C[C@]2(C)C3=CC(=O)[C@@H]4[C@@H]5CC(C)(C)CC[C@]5(C(=O)Cl)CC[C@@]4(C)[C@]3(C)CC[C@H]2C(C)(C)C1=O.[C-]#[N+]C1=C[C@]2(C)C3=CC(=O)[C@@H]4[C@@H]5CC(C)(C)CC[C@]5(c5nnc(C6CC6)o5)CC[C@@]4(C)[C@]3(C)CC[C@H]2C(C)(C)C1=O. The van der Waals surface area contributed by atoms with Gasteiger partial charge in [0.25, 0.3) is 0 Å².